The van der Waals surface area contributed by atoms with Gasteiger partial charge in [-0.05, 0) is 18.9 Å². The summed E-state index contributed by atoms with van der Waals surface area (Å²) < 4.78 is 0. The van der Waals surface area contributed by atoms with Crippen molar-refractivity contribution in [2.75, 3.05) is 11.9 Å². The summed E-state index contributed by atoms with van der Waals surface area (Å²) in [6.07, 6.45) is 12.8. The van der Waals surface area contributed by atoms with Crippen LogP contribution in [0.15, 0.2) is 49.4 Å². The number of carbonyl (C=O) groups is 1. The van der Waals surface area contributed by atoms with Crippen LogP contribution in [0.2, 0.25) is 0 Å². The molecule has 3 aromatic rings. The lowest BCUT2D eigenvalue weighted by atomic mass is 10.1. The number of amides is 1. The molecule has 9 heteroatoms. The van der Waals surface area contributed by atoms with Gasteiger partial charge in [-0.25, -0.2) is 19.9 Å². The first-order valence-electron chi connectivity index (χ1n) is 8.24. The number of rotatable bonds is 4. The van der Waals surface area contributed by atoms with E-state index < -0.39 is 0 Å². The van der Waals surface area contributed by atoms with Gasteiger partial charge in [-0.3, -0.25) is 14.8 Å². The van der Waals surface area contributed by atoms with Crippen molar-refractivity contribution >= 4 is 17.7 Å². The molecule has 1 atom stereocenters. The first-order chi connectivity index (χ1) is 12.8. The summed E-state index contributed by atoms with van der Waals surface area (Å²) in [5.41, 5.74) is 1.12. The molecule has 1 saturated heterocycles. The predicted octanol–water partition coefficient (Wildman–Crippen LogP) is 1.78. The van der Waals surface area contributed by atoms with Crippen molar-refractivity contribution in [3.05, 3.63) is 60.8 Å². The van der Waals surface area contributed by atoms with Crippen molar-refractivity contribution in [3.63, 3.8) is 0 Å². The second-order valence-corrected chi connectivity index (χ2v) is 5.77. The molecule has 0 aliphatic carbocycles. The molecule has 4 rings (SSSR count). The molecule has 0 radical (unpaired) electrons. The molecule has 130 valence electrons. The minimum Gasteiger partial charge on any atom is -0.329 e. The van der Waals surface area contributed by atoms with Crippen LogP contribution in [0.25, 0.3) is 0 Å². The van der Waals surface area contributed by atoms with Crippen LogP contribution in [0, 0.1) is 0 Å². The Hall–Kier alpha value is -3.49. The number of hydrogen-bond acceptors (Lipinski definition) is 8. The summed E-state index contributed by atoms with van der Waals surface area (Å²) in [6, 6.07) is 1.71. The van der Waals surface area contributed by atoms with Crippen LogP contribution in [-0.4, -0.2) is 47.3 Å². The minimum atomic E-state index is -0.136. The van der Waals surface area contributed by atoms with Crippen LogP contribution in [0.1, 0.15) is 35.1 Å². The molecular formula is C17H16N8O. The first-order valence-corrected chi connectivity index (χ1v) is 8.24. The van der Waals surface area contributed by atoms with E-state index in [9.17, 15) is 4.79 Å². The van der Waals surface area contributed by atoms with E-state index >= 15 is 0 Å². The van der Waals surface area contributed by atoms with Gasteiger partial charge in [-0.15, -0.1) is 0 Å². The average molecular weight is 348 g/mol. The van der Waals surface area contributed by atoms with Crippen molar-refractivity contribution in [3.8, 4) is 0 Å². The molecular weight excluding hydrogens is 332 g/mol. The Bertz CT molecular complexity index is 890. The van der Waals surface area contributed by atoms with Crippen molar-refractivity contribution in [2.24, 2.45) is 0 Å². The fraction of sp³-hybridized carbons (Fsp3) is 0.235. The topological polar surface area (TPSA) is 110 Å². The van der Waals surface area contributed by atoms with Crippen molar-refractivity contribution in [2.45, 2.75) is 18.9 Å². The Kier molecular flexibility index (Phi) is 4.42. The monoisotopic (exact) mass is 348 g/mol. The lowest BCUT2D eigenvalue weighted by Crippen LogP contribution is -2.31. The molecule has 1 fully saturated rings. The molecule has 3 aromatic heterocycles. The molecule has 0 aromatic carbocycles. The number of anilines is 2. The van der Waals surface area contributed by atoms with E-state index in [0.29, 0.717) is 24.0 Å². The lowest BCUT2D eigenvalue weighted by molar-refractivity contribution is 0.0726. The number of hydrogen-bond donors (Lipinski definition) is 1. The summed E-state index contributed by atoms with van der Waals surface area (Å²) >= 11 is 0. The van der Waals surface area contributed by atoms with Gasteiger partial charge in [0.1, 0.15) is 5.69 Å². The molecule has 1 aliphatic rings. The molecule has 0 spiro atoms. The van der Waals surface area contributed by atoms with Crippen molar-refractivity contribution < 1.29 is 4.79 Å². The van der Waals surface area contributed by atoms with Crippen LogP contribution < -0.4 is 5.32 Å². The zero-order chi connectivity index (χ0) is 17.8. The van der Waals surface area contributed by atoms with E-state index in [1.54, 1.807) is 35.9 Å². The van der Waals surface area contributed by atoms with Gasteiger partial charge in [-0.1, -0.05) is 0 Å². The Morgan fingerprint density at radius 3 is 2.65 bits per heavy atom. The second-order valence-electron chi connectivity index (χ2n) is 5.77. The molecule has 9 nitrogen and oxygen atoms in total. The van der Waals surface area contributed by atoms with E-state index in [1.165, 1.54) is 12.4 Å². The maximum atomic E-state index is 12.8. The minimum absolute atomic E-state index is 0.116. The molecule has 1 unspecified atom stereocenters. The summed E-state index contributed by atoms with van der Waals surface area (Å²) in [5, 5.41) is 3.02. The van der Waals surface area contributed by atoms with Crippen molar-refractivity contribution in [1.29, 1.82) is 0 Å². The molecule has 1 N–H and O–H groups in total. The van der Waals surface area contributed by atoms with Gasteiger partial charge in [0.15, 0.2) is 5.82 Å². The van der Waals surface area contributed by atoms with Gasteiger partial charge in [0.25, 0.3) is 5.91 Å². The standard InChI is InChI=1S/C17H16N8O/c26-16(13-10-18-5-7-20-13)25-9-1-2-14(25)12-3-4-22-17(23-12)24-15-11-19-6-8-21-15/h3-8,10-11,14H,1-2,9H2,(H,21,22,23,24). The van der Waals surface area contributed by atoms with Gasteiger partial charge in [0.05, 0.1) is 24.1 Å². The van der Waals surface area contributed by atoms with Crippen LogP contribution in [0.5, 0.6) is 0 Å². The number of carbonyl (C=O) groups excluding carboxylic acids is 1. The van der Waals surface area contributed by atoms with Gasteiger partial charge in [-0.2, -0.15) is 0 Å². The molecule has 1 amide bonds. The molecule has 1 aliphatic heterocycles. The van der Waals surface area contributed by atoms with E-state index in [2.05, 4.69) is 35.2 Å². The highest BCUT2D eigenvalue weighted by Crippen LogP contribution is 2.32. The number of nitrogens with one attached hydrogen (secondary N) is 1. The number of aromatic nitrogens is 6. The average Bonchev–Trinajstić information content (AvgIpc) is 3.19. The van der Waals surface area contributed by atoms with Crippen LogP contribution >= 0.6 is 0 Å². The Morgan fingerprint density at radius 1 is 1.04 bits per heavy atom. The van der Waals surface area contributed by atoms with Crippen molar-refractivity contribution in [1.82, 2.24) is 34.8 Å². The summed E-state index contributed by atoms with van der Waals surface area (Å²) in [4.78, 5) is 39.6. The number of likely N-dealkylation sites (tertiary alicyclic amines) is 1. The third-order valence-electron chi connectivity index (χ3n) is 4.12. The largest absolute Gasteiger partial charge is 0.329 e. The van der Waals surface area contributed by atoms with Gasteiger partial charge >= 0.3 is 0 Å². The zero-order valence-electron chi connectivity index (χ0n) is 13.9. The summed E-state index contributed by atoms with van der Waals surface area (Å²) in [6.45, 7) is 0.664. The highest BCUT2D eigenvalue weighted by molar-refractivity contribution is 5.92. The van der Waals surface area contributed by atoms with Crippen LogP contribution in [-0.2, 0) is 0 Å². The van der Waals surface area contributed by atoms with Crippen LogP contribution in [0.4, 0.5) is 11.8 Å². The highest BCUT2D eigenvalue weighted by Gasteiger charge is 2.32. The summed E-state index contributed by atoms with van der Waals surface area (Å²) in [7, 11) is 0. The Labute approximate surface area is 149 Å². The van der Waals surface area contributed by atoms with E-state index in [4.69, 9.17) is 0 Å². The fourth-order valence-corrected chi connectivity index (χ4v) is 2.97. The Morgan fingerprint density at radius 2 is 1.88 bits per heavy atom. The maximum Gasteiger partial charge on any atom is 0.274 e. The highest BCUT2D eigenvalue weighted by atomic mass is 16.2. The zero-order valence-corrected chi connectivity index (χ0v) is 13.9. The first kappa shape index (κ1) is 16.0. The van der Waals surface area contributed by atoms with Crippen LogP contribution in [0.3, 0.4) is 0 Å². The maximum absolute atomic E-state index is 12.8. The normalized spacial score (nSPS) is 16.5. The third kappa shape index (κ3) is 3.32. The van der Waals surface area contributed by atoms with E-state index in [1.807, 2.05) is 6.07 Å². The van der Waals surface area contributed by atoms with E-state index in [-0.39, 0.29) is 11.9 Å². The van der Waals surface area contributed by atoms with Gasteiger partial charge in [0.2, 0.25) is 5.95 Å². The predicted molar refractivity (Wildman–Crippen MR) is 92.4 cm³/mol. The lowest BCUT2D eigenvalue weighted by Gasteiger charge is -2.24. The summed E-state index contributed by atoms with van der Waals surface area (Å²) in [5.74, 6) is 0.841. The van der Waals surface area contributed by atoms with Gasteiger partial charge < -0.3 is 10.2 Å². The molecule has 4 heterocycles. The quantitative estimate of drug-likeness (QED) is 0.760. The fourth-order valence-electron chi connectivity index (χ4n) is 2.97. The second kappa shape index (κ2) is 7.18. The molecule has 0 bridgehead atoms. The Balaban J connectivity index is 1.56. The van der Waals surface area contributed by atoms with E-state index in [0.717, 1.165) is 18.5 Å². The smallest absolute Gasteiger partial charge is 0.274 e. The van der Waals surface area contributed by atoms with Gasteiger partial charge in [0, 0.05) is 37.5 Å². The molecule has 0 saturated carbocycles. The number of nitrogens with zero attached hydrogens (tertiary/aromatic N) is 7. The third-order valence-corrected chi connectivity index (χ3v) is 4.12. The SMILES string of the molecule is O=C(c1cnccn1)N1CCCC1c1ccnc(Nc2cnccn2)n1. The molecule has 26 heavy (non-hydrogen) atoms.